The second-order valence-electron chi connectivity index (χ2n) is 12.3. The Morgan fingerprint density at radius 2 is 1.64 bits per heavy atom. The van der Waals surface area contributed by atoms with Crippen molar-refractivity contribution in [2.24, 2.45) is 18.7 Å². The normalized spacial score (nSPS) is 15.2. The number of benzene rings is 1. The predicted octanol–water partition coefficient (Wildman–Crippen LogP) is 6.70. The average molecular weight is 638 g/mol. The van der Waals surface area contributed by atoms with Crippen molar-refractivity contribution < 1.29 is 26.3 Å². The van der Waals surface area contributed by atoms with E-state index in [4.69, 9.17) is 10.7 Å². The van der Waals surface area contributed by atoms with Gasteiger partial charge in [0.1, 0.15) is 8.07 Å². The van der Waals surface area contributed by atoms with Gasteiger partial charge < -0.3 is 10.6 Å². The summed E-state index contributed by atoms with van der Waals surface area (Å²) in [5.41, 5.74) is 8.62. The Morgan fingerprint density at radius 3 is 2.16 bits per heavy atom. The minimum Gasteiger partial charge on any atom is -0.330 e. The lowest BCUT2D eigenvalue weighted by molar-refractivity contribution is -0.143. The minimum absolute atomic E-state index is 0.0403. The number of pyridine rings is 1. The summed E-state index contributed by atoms with van der Waals surface area (Å²) < 4.78 is 82.0. The van der Waals surface area contributed by atoms with Gasteiger partial charge in [-0.15, -0.1) is 10.6 Å². The van der Waals surface area contributed by atoms with E-state index in [0.717, 1.165) is 49.1 Å². The van der Waals surface area contributed by atoms with Gasteiger partial charge in [-0.1, -0.05) is 43.5 Å². The van der Waals surface area contributed by atoms with E-state index in [1.54, 1.807) is 6.20 Å². The zero-order valence-corrected chi connectivity index (χ0v) is 26.2. The van der Waals surface area contributed by atoms with Crippen LogP contribution in [0.2, 0.25) is 19.6 Å². The number of aryl methyl sites for hydroxylation is 1. The predicted molar refractivity (Wildman–Crippen MR) is 158 cm³/mol. The highest BCUT2D eigenvalue weighted by Crippen LogP contribution is 2.41. The van der Waals surface area contributed by atoms with Gasteiger partial charge in [0, 0.05) is 36.5 Å². The lowest BCUT2D eigenvalue weighted by atomic mass is 9.83. The molecular weight excluding hydrogens is 600 g/mol. The van der Waals surface area contributed by atoms with Crippen LogP contribution in [0, 0.1) is 17.4 Å². The molecule has 0 spiro atoms. The van der Waals surface area contributed by atoms with Crippen molar-refractivity contribution in [3.8, 4) is 11.5 Å². The highest BCUT2D eigenvalue weighted by atomic mass is 28.3. The van der Waals surface area contributed by atoms with Crippen molar-refractivity contribution in [1.82, 2.24) is 25.2 Å². The molecule has 4 rings (SSSR count). The van der Waals surface area contributed by atoms with Crippen molar-refractivity contribution in [1.29, 1.82) is 0 Å². The first-order chi connectivity index (χ1) is 20.5. The second kappa shape index (κ2) is 13.3. The third kappa shape index (κ3) is 8.81. The summed E-state index contributed by atoms with van der Waals surface area (Å²) in [5.74, 6) is 3.68. The van der Waals surface area contributed by atoms with Gasteiger partial charge in [-0.2, -0.15) is 31.1 Å². The van der Waals surface area contributed by atoms with Crippen LogP contribution in [0.15, 0.2) is 30.5 Å². The molecule has 0 saturated heterocycles. The van der Waals surface area contributed by atoms with Gasteiger partial charge >= 0.3 is 12.4 Å². The zero-order chi connectivity index (χ0) is 32.3. The topological polar surface area (TPSA) is 85.8 Å². The van der Waals surface area contributed by atoms with Crippen LogP contribution >= 0.6 is 0 Å². The van der Waals surface area contributed by atoms with Crippen LogP contribution in [-0.2, 0) is 32.5 Å². The van der Waals surface area contributed by atoms with Gasteiger partial charge in [-0.25, -0.2) is 0 Å². The number of rotatable bonds is 9. The summed E-state index contributed by atoms with van der Waals surface area (Å²) >= 11 is 0. The maximum absolute atomic E-state index is 13.7. The molecule has 1 aliphatic carbocycles. The van der Waals surface area contributed by atoms with E-state index in [1.807, 2.05) is 6.07 Å². The smallest absolute Gasteiger partial charge is 0.330 e. The van der Waals surface area contributed by atoms with Crippen molar-refractivity contribution in [2.45, 2.75) is 83.1 Å². The molecule has 1 aromatic carbocycles. The van der Waals surface area contributed by atoms with Crippen LogP contribution in [0.4, 0.5) is 32.3 Å². The number of nitrogens with zero attached hydrogens (tertiary/aromatic N) is 6. The molecule has 1 atom stereocenters. The molecule has 14 heteroatoms. The Hall–Kier alpha value is -3.44. The van der Waals surface area contributed by atoms with Crippen LogP contribution in [0.5, 0.6) is 0 Å². The molecule has 2 heterocycles. The van der Waals surface area contributed by atoms with Gasteiger partial charge in [-0.05, 0) is 72.3 Å². The van der Waals surface area contributed by atoms with Crippen LogP contribution in [-0.4, -0.2) is 39.8 Å². The highest BCUT2D eigenvalue weighted by Gasteiger charge is 2.37. The lowest BCUT2D eigenvalue weighted by Gasteiger charge is -2.28. The number of hydrogen-bond acceptors (Lipinski definition) is 6. The number of tetrazole rings is 1. The molecular formula is C30H37F6N7Si. The third-order valence-electron chi connectivity index (χ3n) is 7.54. The van der Waals surface area contributed by atoms with Crippen LogP contribution in [0.25, 0.3) is 0 Å². The Kier molecular flexibility index (Phi) is 10.1. The van der Waals surface area contributed by atoms with Gasteiger partial charge in [0.05, 0.1) is 18.2 Å². The molecule has 0 amide bonds. The highest BCUT2D eigenvalue weighted by molar-refractivity contribution is 6.83. The van der Waals surface area contributed by atoms with Crippen molar-refractivity contribution in [3.05, 3.63) is 64.0 Å². The number of nitrogens with two attached hydrogens (primary N) is 1. The quantitative estimate of drug-likeness (QED) is 0.160. The van der Waals surface area contributed by atoms with E-state index < -0.39 is 31.6 Å². The fraction of sp³-hybridized carbons (Fsp3) is 0.533. The minimum atomic E-state index is -4.97. The fourth-order valence-electron chi connectivity index (χ4n) is 5.58. The monoisotopic (exact) mass is 637 g/mol. The van der Waals surface area contributed by atoms with E-state index >= 15 is 0 Å². The molecule has 0 aliphatic heterocycles. The Labute approximate surface area is 254 Å². The van der Waals surface area contributed by atoms with Crippen molar-refractivity contribution in [3.63, 3.8) is 0 Å². The first-order valence-electron chi connectivity index (χ1n) is 14.5. The fourth-order valence-corrected chi connectivity index (χ4v) is 6.10. The first kappa shape index (κ1) is 33.4. The average Bonchev–Trinajstić information content (AvgIpc) is 3.61. The molecule has 0 radical (unpaired) electrons. The molecule has 2 aromatic heterocycles. The maximum Gasteiger partial charge on any atom is 0.416 e. The molecule has 238 valence electrons. The molecule has 7 nitrogen and oxygen atoms in total. The molecule has 1 fully saturated rings. The SMILES string of the molecule is Cn1nnc(N(Cc2cc(C(F)(F)F)cc(C(F)(F)F)c2)Cc2cc(C#C[Si](C)(C)C)cnc2C(CCN)C2CCCC2)n1. The summed E-state index contributed by atoms with van der Waals surface area (Å²) in [5, 5.41) is 12.2. The third-order valence-corrected chi connectivity index (χ3v) is 8.42. The first-order valence-corrected chi connectivity index (χ1v) is 18.0. The lowest BCUT2D eigenvalue weighted by Crippen LogP contribution is -2.27. The number of alkyl halides is 6. The number of anilines is 1. The molecule has 3 aromatic rings. The summed E-state index contributed by atoms with van der Waals surface area (Å²) in [6.45, 7) is 6.51. The molecule has 1 saturated carbocycles. The summed E-state index contributed by atoms with van der Waals surface area (Å²) in [6.07, 6.45) is -3.24. The number of halogens is 6. The molecule has 2 N–H and O–H groups in total. The second-order valence-corrected chi connectivity index (χ2v) is 17.1. The Bertz CT molecular complexity index is 1460. The van der Waals surface area contributed by atoms with E-state index in [0.29, 0.717) is 24.4 Å². The van der Waals surface area contributed by atoms with E-state index in [9.17, 15) is 26.3 Å². The maximum atomic E-state index is 13.7. The molecule has 1 unspecified atom stereocenters. The van der Waals surface area contributed by atoms with Gasteiger partial charge in [0.2, 0.25) is 0 Å². The van der Waals surface area contributed by atoms with Gasteiger partial charge in [0.25, 0.3) is 5.95 Å². The summed E-state index contributed by atoms with van der Waals surface area (Å²) in [7, 11) is -0.207. The van der Waals surface area contributed by atoms with E-state index in [1.165, 1.54) is 16.7 Å². The van der Waals surface area contributed by atoms with Crippen molar-refractivity contribution >= 4 is 14.0 Å². The van der Waals surface area contributed by atoms with Gasteiger partial charge in [-0.3, -0.25) is 4.98 Å². The molecule has 1 aliphatic rings. The molecule has 0 bridgehead atoms. The number of aromatic nitrogens is 5. The summed E-state index contributed by atoms with van der Waals surface area (Å²) in [6, 6.07) is 3.48. The van der Waals surface area contributed by atoms with Gasteiger partial charge in [0.15, 0.2) is 0 Å². The zero-order valence-electron chi connectivity index (χ0n) is 25.2. The largest absolute Gasteiger partial charge is 0.416 e. The van der Waals surface area contributed by atoms with E-state index in [-0.39, 0.29) is 36.6 Å². The van der Waals surface area contributed by atoms with Crippen LogP contribution in [0.1, 0.15) is 71.5 Å². The van der Waals surface area contributed by atoms with E-state index in [2.05, 4.69) is 46.5 Å². The van der Waals surface area contributed by atoms with Crippen molar-refractivity contribution in [2.75, 3.05) is 11.4 Å². The molecule has 44 heavy (non-hydrogen) atoms. The van der Waals surface area contributed by atoms with Crippen LogP contribution < -0.4 is 10.6 Å². The summed E-state index contributed by atoms with van der Waals surface area (Å²) in [4.78, 5) is 7.57. The Balaban J connectivity index is 1.83. The number of hydrogen-bond donors (Lipinski definition) is 1. The van der Waals surface area contributed by atoms with Crippen LogP contribution in [0.3, 0.4) is 0 Å². The standard InChI is InChI=1S/C30H37F6N7Si/c1-42-40-28(39-41-42)43(18-21-14-24(29(31,32)33)16-25(15-21)30(34,35)36)19-23-13-20(10-12-44(2,3)4)17-38-27(23)26(9-11-37)22-7-5-6-8-22/h13-17,22,26H,5-9,11,18-19,37H2,1-4H3. The Morgan fingerprint density at radius 1 is 1.00 bits per heavy atom.